The van der Waals surface area contributed by atoms with Gasteiger partial charge >= 0.3 is 0 Å². The summed E-state index contributed by atoms with van der Waals surface area (Å²) in [6.07, 6.45) is 0. The van der Waals surface area contributed by atoms with Crippen molar-refractivity contribution in [2.75, 3.05) is 0 Å². The van der Waals surface area contributed by atoms with Gasteiger partial charge in [-0.25, -0.2) is 0 Å². The summed E-state index contributed by atoms with van der Waals surface area (Å²) in [7, 11) is -9.17. The lowest BCUT2D eigenvalue weighted by Crippen LogP contribution is -2.25. The average molecular weight is 370 g/mol. The topological polar surface area (TPSA) is 159 Å². The van der Waals surface area contributed by atoms with Gasteiger partial charge in [0.15, 0.2) is 0 Å². The molecule has 0 amide bonds. The Morgan fingerprint density at radius 3 is 1.88 bits per heavy atom. The van der Waals surface area contributed by atoms with E-state index in [9.17, 15) is 25.9 Å². The van der Waals surface area contributed by atoms with Crippen LogP contribution in [-0.2, 0) is 20.2 Å². The lowest BCUT2D eigenvalue weighted by atomic mass is 9.97. The van der Waals surface area contributed by atoms with Gasteiger partial charge in [0.25, 0.3) is 20.2 Å². The first-order valence-corrected chi connectivity index (χ1v) is 9.39. The van der Waals surface area contributed by atoms with E-state index in [4.69, 9.17) is 11.1 Å². The molecule has 0 aromatic heterocycles. The molecule has 1 atom stereocenters. The molecular weight excluding hydrogens is 356 g/mol. The van der Waals surface area contributed by atoms with Crippen LogP contribution in [0, 0.1) is 5.41 Å². The van der Waals surface area contributed by atoms with Gasteiger partial charge in [-0.15, -0.1) is 0 Å². The molecular formula is C14H14N2O6S2. The van der Waals surface area contributed by atoms with Gasteiger partial charge < -0.3 is 11.1 Å². The third kappa shape index (κ3) is 3.68. The molecule has 2 aromatic carbocycles. The van der Waals surface area contributed by atoms with Crippen molar-refractivity contribution in [3.05, 3.63) is 59.7 Å². The van der Waals surface area contributed by atoms with Crippen LogP contribution >= 0.6 is 0 Å². The Labute approximate surface area is 139 Å². The molecule has 10 heteroatoms. The quantitative estimate of drug-likeness (QED) is 0.455. The number of nitrogens with two attached hydrogens (primary N) is 1. The van der Waals surface area contributed by atoms with Crippen molar-refractivity contribution in [1.82, 2.24) is 0 Å². The Morgan fingerprint density at radius 1 is 0.875 bits per heavy atom. The first-order chi connectivity index (χ1) is 11.0. The Balaban J connectivity index is 2.58. The minimum atomic E-state index is -4.60. The van der Waals surface area contributed by atoms with Crippen LogP contribution in [0.3, 0.4) is 0 Å². The second-order valence-electron chi connectivity index (χ2n) is 4.88. The van der Waals surface area contributed by atoms with E-state index in [1.807, 2.05) is 0 Å². The molecule has 2 aromatic rings. The third-order valence-electron chi connectivity index (χ3n) is 3.30. The van der Waals surface area contributed by atoms with Crippen molar-refractivity contribution < 1.29 is 25.9 Å². The van der Waals surface area contributed by atoms with Crippen molar-refractivity contribution in [2.24, 2.45) is 5.73 Å². The second-order valence-corrected chi connectivity index (χ2v) is 7.66. The number of hydrogen-bond donors (Lipinski definition) is 4. The molecule has 0 aliphatic carbocycles. The van der Waals surface area contributed by atoms with Crippen LogP contribution in [0.15, 0.2) is 58.3 Å². The highest BCUT2D eigenvalue weighted by Gasteiger charge is 2.26. The molecule has 0 aliphatic rings. The zero-order chi connectivity index (χ0) is 18.1. The minimum Gasteiger partial charge on any atom is -0.319 e. The predicted molar refractivity (Wildman–Crippen MR) is 86.3 cm³/mol. The fraction of sp³-hybridized carbons (Fsp3) is 0.0714. The van der Waals surface area contributed by atoms with Crippen molar-refractivity contribution in [3.8, 4) is 0 Å². The van der Waals surface area contributed by atoms with E-state index in [0.717, 1.165) is 12.1 Å². The summed E-state index contributed by atoms with van der Waals surface area (Å²) in [5, 5.41) is 8.12. The SMILES string of the molecule is N=C(c1ccccc1S(=O)(=O)O)C(N)c1ccccc1S(=O)(=O)O. The van der Waals surface area contributed by atoms with Gasteiger partial charge in [-0.1, -0.05) is 36.4 Å². The van der Waals surface area contributed by atoms with Gasteiger partial charge in [0, 0.05) is 5.56 Å². The van der Waals surface area contributed by atoms with E-state index < -0.39 is 41.8 Å². The maximum absolute atomic E-state index is 11.4. The lowest BCUT2D eigenvalue weighted by Gasteiger charge is -2.17. The summed E-state index contributed by atoms with van der Waals surface area (Å²) >= 11 is 0. The third-order valence-corrected chi connectivity index (χ3v) is 5.14. The van der Waals surface area contributed by atoms with Crippen LogP contribution in [0.5, 0.6) is 0 Å². The molecule has 0 aliphatic heterocycles. The smallest absolute Gasteiger partial charge is 0.295 e. The average Bonchev–Trinajstić information content (AvgIpc) is 2.52. The summed E-state index contributed by atoms with van der Waals surface area (Å²) in [5.74, 6) is 0. The molecule has 0 saturated carbocycles. The normalized spacial score (nSPS) is 13.5. The predicted octanol–water partition coefficient (Wildman–Crippen LogP) is 1.25. The lowest BCUT2D eigenvalue weighted by molar-refractivity contribution is 0.479. The summed E-state index contributed by atoms with van der Waals surface area (Å²) in [6.45, 7) is 0. The van der Waals surface area contributed by atoms with Gasteiger partial charge in [-0.2, -0.15) is 16.8 Å². The standard InChI is InChI=1S/C14H14N2O6S2/c15-13(9-5-1-3-7-11(9)23(17,18)19)14(16)10-6-2-4-8-12(10)24(20,21)22/h1-8,13,16H,15H2,(H,17,18,19)(H,20,21,22). The minimum absolute atomic E-state index is 0.0739. The van der Waals surface area contributed by atoms with Crippen molar-refractivity contribution >= 4 is 25.9 Å². The van der Waals surface area contributed by atoms with Crippen molar-refractivity contribution in [3.63, 3.8) is 0 Å². The zero-order valence-electron chi connectivity index (χ0n) is 12.1. The van der Waals surface area contributed by atoms with Gasteiger partial charge in [0.2, 0.25) is 0 Å². The fourth-order valence-corrected chi connectivity index (χ4v) is 3.66. The molecule has 1 unspecified atom stereocenters. The Morgan fingerprint density at radius 2 is 1.33 bits per heavy atom. The van der Waals surface area contributed by atoms with Gasteiger partial charge in [0.1, 0.15) is 4.90 Å². The Hall–Kier alpha value is -2.11. The van der Waals surface area contributed by atoms with Crippen LogP contribution in [0.1, 0.15) is 17.2 Å². The van der Waals surface area contributed by atoms with Crippen LogP contribution in [0.4, 0.5) is 0 Å². The first kappa shape index (κ1) is 18.2. The summed E-state index contributed by atoms with van der Waals surface area (Å²) in [4.78, 5) is -0.999. The highest BCUT2D eigenvalue weighted by molar-refractivity contribution is 7.86. The number of hydrogen-bond acceptors (Lipinski definition) is 6. The zero-order valence-corrected chi connectivity index (χ0v) is 13.8. The molecule has 8 nitrogen and oxygen atoms in total. The maximum Gasteiger partial charge on any atom is 0.295 e. The van der Waals surface area contributed by atoms with Crippen molar-refractivity contribution in [2.45, 2.75) is 15.8 Å². The second kappa shape index (κ2) is 6.42. The maximum atomic E-state index is 11.4. The largest absolute Gasteiger partial charge is 0.319 e. The molecule has 0 heterocycles. The van der Waals surface area contributed by atoms with Gasteiger partial charge in [0.05, 0.1) is 16.6 Å². The monoisotopic (exact) mass is 370 g/mol. The van der Waals surface area contributed by atoms with Crippen LogP contribution in [-0.4, -0.2) is 31.7 Å². The molecule has 0 bridgehead atoms. The van der Waals surface area contributed by atoms with Crippen molar-refractivity contribution in [1.29, 1.82) is 5.41 Å². The van der Waals surface area contributed by atoms with E-state index in [2.05, 4.69) is 0 Å². The summed E-state index contributed by atoms with van der Waals surface area (Å²) in [6, 6.07) is 9.08. The molecule has 24 heavy (non-hydrogen) atoms. The van der Waals surface area contributed by atoms with Gasteiger partial charge in [-0.3, -0.25) is 9.11 Å². The Kier molecular flexibility index (Phi) is 4.87. The van der Waals surface area contributed by atoms with Crippen LogP contribution in [0.25, 0.3) is 0 Å². The number of benzene rings is 2. The fourth-order valence-electron chi connectivity index (χ4n) is 2.21. The first-order valence-electron chi connectivity index (χ1n) is 6.51. The van der Waals surface area contributed by atoms with Crippen LogP contribution < -0.4 is 5.73 Å². The van der Waals surface area contributed by atoms with Gasteiger partial charge in [-0.05, 0) is 17.7 Å². The van der Waals surface area contributed by atoms with E-state index in [1.54, 1.807) is 0 Å². The van der Waals surface area contributed by atoms with E-state index >= 15 is 0 Å². The molecule has 0 saturated heterocycles. The molecule has 128 valence electrons. The highest BCUT2D eigenvalue weighted by atomic mass is 32.2. The molecule has 0 fully saturated rings. The number of rotatable bonds is 5. The molecule has 0 radical (unpaired) electrons. The van der Waals surface area contributed by atoms with E-state index in [1.165, 1.54) is 36.4 Å². The molecule has 2 rings (SSSR count). The van der Waals surface area contributed by atoms with E-state index in [0.29, 0.717) is 0 Å². The highest BCUT2D eigenvalue weighted by Crippen LogP contribution is 2.26. The molecule has 5 N–H and O–H groups in total. The molecule has 0 spiro atoms. The number of nitrogens with one attached hydrogen (secondary N) is 1. The van der Waals surface area contributed by atoms with Crippen LogP contribution in [0.2, 0.25) is 0 Å². The van der Waals surface area contributed by atoms with E-state index in [-0.39, 0.29) is 11.1 Å². The summed E-state index contributed by atoms with van der Waals surface area (Å²) < 4.78 is 64.2. The Bertz CT molecular complexity index is 999. The summed E-state index contributed by atoms with van der Waals surface area (Å²) in [5.41, 5.74) is 5.23.